The Hall–Kier alpha value is -1.84. The number of hydrogen-bond donors (Lipinski definition) is 0. The minimum absolute atomic E-state index is 0.0436. The largest absolute Gasteiger partial charge is 0.413 e. The van der Waals surface area contributed by atoms with Gasteiger partial charge in [0.25, 0.3) is 8.32 Å². The molecule has 0 bridgehead atoms. The van der Waals surface area contributed by atoms with Crippen molar-refractivity contribution < 1.29 is 8.85 Å². The van der Waals surface area contributed by atoms with Gasteiger partial charge in [-0.25, -0.2) is 4.98 Å². The first kappa shape index (κ1) is 28.2. The Balaban J connectivity index is 1.53. The van der Waals surface area contributed by atoms with Crippen molar-refractivity contribution in [3.63, 3.8) is 0 Å². The van der Waals surface area contributed by atoms with Gasteiger partial charge >= 0.3 is 0 Å². The predicted molar refractivity (Wildman–Crippen MR) is 164 cm³/mol. The summed E-state index contributed by atoms with van der Waals surface area (Å²) in [5.41, 5.74) is 1.37. The predicted octanol–water partition coefficient (Wildman–Crippen LogP) is 7.79. The fraction of sp³-hybridized carbons (Fsp3) is 0.452. The highest BCUT2D eigenvalue weighted by Gasteiger charge is 2.50. The Morgan fingerprint density at radius 2 is 1.43 bits per heavy atom. The summed E-state index contributed by atoms with van der Waals surface area (Å²) in [6, 6.07) is 21.6. The van der Waals surface area contributed by atoms with Crippen molar-refractivity contribution in [3.05, 3.63) is 82.8 Å². The lowest BCUT2D eigenvalue weighted by Gasteiger charge is -2.42. The van der Waals surface area contributed by atoms with Crippen molar-refractivity contribution in [1.82, 2.24) is 4.98 Å². The van der Waals surface area contributed by atoms with Crippen LogP contribution in [0.2, 0.25) is 23.2 Å². The monoisotopic (exact) mass is 549 g/mol. The Bertz CT molecular complexity index is 1170. The molecule has 3 aromatic rings. The van der Waals surface area contributed by atoms with Gasteiger partial charge in [0.15, 0.2) is 8.32 Å². The zero-order valence-corrected chi connectivity index (χ0v) is 26.6. The Morgan fingerprint density at radius 1 is 0.865 bits per heavy atom. The van der Waals surface area contributed by atoms with Crippen molar-refractivity contribution in [3.8, 4) is 0 Å². The molecule has 1 aromatic heterocycles. The van der Waals surface area contributed by atoms with Gasteiger partial charge in [0.05, 0.1) is 17.6 Å². The normalized spacial score (nSPS) is 17.2. The molecule has 1 atom stereocenters. The van der Waals surface area contributed by atoms with E-state index in [2.05, 4.69) is 121 Å². The number of thiazole rings is 1. The molecule has 0 saturated carbocycles. The van der Waals surface area contributed by atoms with Crippen LogP contribution in [0.5, 0.6) is 0 Å². The molecule has 6 heteroatoms. The van der Waals surface area contributed by atoms with E-state index in [-0.39, 0.29) is 16.2 Å². The van der Waals surface area contributed by atoms with E-state index < -0.39 is 16.6 Å². The summed E-state index contributed by atoms with van der Waals surface area (Å²) < 4.78 is 13.8. The Labute approximate surface area is 230 Å². The molecule has 37 heavy (non-hydrogen) atoms. The summed E-state index contributed by atoms with van der Waals surface area (Å²) in [7, 11) is -4.35. The number of aromatic nitrogens is 1. The lowest BCUT2D eigenvalue weighted by Crippen LogP contribution is -2.66. The molecule has 4 rings (SSSR count). The smallest absolute Gasteiger partial charge is 0.261 e. The van der Waals surface area contributed by atoms with E-state index >= 15 is 0 Å². The van der Waals surface area contributed by atoms with Gasteiger partial charge in [0.2, 0.25) is 0 Å². The maximum absolute atomic E-state index is 7.10. The first-order valence-electron chi connectivity index (χ1n) is 13.4. The van der Waals surface area contributed by atoms with E-state index in [1.807, 2.05) is 6.20 Å². The molecule has 0 saturated heterocycles. The molecular formula is C31H43NO2SSi2. The zero-order valence-electron chi connectivity index (χ0n) is 23.8. The Kier molecular flexibility index (Phi) is 8.18. The lowest BCUT2D eigenvalue weighted by molar-refractivity contribution is 0.195. The maximum Gasteiger partial charge on any atom is 0.261 e. The van der Waals surface area contributed by atoms with Gasteiger partial charge in [-0.2, -0.15) is 0 Å². The molecule has 0 spiro atoms. The molecule has 1 unspecified atom stereocenters. The van der Waals surface area contributed by atoms with Crippen molar-refractivity contribution >= 4 is 43.9 Å². The van der Waals surface area contributed by atoms with Gasteiger partial charge in [0, 0.05) is 6.20 Å². The van der Waals surface area contributed by atoms with Gasteiger partial charge in [0.1, 0.15) is 5.01 Å². The standard InChI is InChI=1S/C31H43NO2SSi2/c1-30(2,3)36(7,8)34-25-20-19-24(21-25)28-22-32-29(35-28)23-33-37(31(4,5)6,26-15-11-9-12-16-26)27-17-13-10-14-18-27/h9-19,22,25H,20-21,23H2,1-8H3. The minimum Gasteiger partial charge on any atom is -0.413 e. The number of benzene rings is 2. The van der Waals surface area contributed by atoms with Crippen molar-refractivity contribution in [1.29, 1.82) is 0 Å². The highest BCUT2D eigenvalue weighted by atomic mass is 32.1. The van der Waals surface area contributed by atoms with Gasteiger partial charge in [-0.05, 0) is 52.0 Å². The van der Waals surface area contributed by atoms with Crippen LogP contribution in [0.4, 0.5) is 0 Å². The molecule has 1 aliphatic carbocycles. The highest BCUT2D eigenvalue weighted by Crippen LogP contribution is 2.42. The van der Waals surface area contributed by atoms with E-state index in [0.29, 0.717) is 6.61 Å². The molecule has 0 aliphatic heterocycles. The third-order valence-electron chi connectivity index (χ3n) is 8.04. The molecule has 1 aliphatic rings. The van der Waals surface area contributed by atoms with Gasteiger partial charge in [-0.1, -0.05) is 108 Å². The van der Waals surface area contributed by atoms with Crippen LogP contribution >= 0.6 is 11.3 Å². The summed E-state index contributed by atoms with van der Waals surface area (Å²) in [6.45, 7) is 19.1. The summed E-state index contributed by atoms with van der Waals surface area (Å²) in [5.74, 6) is 0. The molecule has 0 radical (unpaired) electrons. The molecule has 2 aromatic carbocycles. The van der Waals surface area contributed by atoms with E-state index in [0.717, 1.165) is 17.8 Å². The molecule has 1 heterocycles. The van der Waals surface area contributed by atoms with Gasteiger partial charge in [-0.15, -0.1) is 11.3 Å². The second-order valence-electron chi connectivity index (χ2n) is 12.7. The first-order valence-corrected chi connectivity index (χ1v) is 19.0. The lowest BCUT2D eigenvalue weighted by atomic mass is 10.2. The highest BCUT2D eigenvalue weighted by molar-refractivity contribution is 7.12. The summed E-state index contributed by atoms with van der Waals surface area (Å²) in [4.78, 5) is 6.07. The zero-order chi connectivity index (χ0) is 26.9. The van der Waals surface area contributed by atoms with E-state index in [9.17, 15) is 0 Å². The van der Waals surface area contributed by atoms with Crippen molar-refractivity contribution in [2.24, 2.45) is 0 Å². The number of nitrogens with zero attached hydrogens (tertiary/aromatic N) is 1. The van der Waals surface area contributed by atoms with Crippen LogP contribution in [-0.4, -0.2) is 27.7 Å². The third-order valence-corrected chi connectivity index (χ3v) is 18.6. The molecule has 198 valence electrons. The van der Waals surface area contributed by atoms with Crippen molar-refractivity contribution in [2.45, 2.75) is 90.3 Å². The quantitative estimate of drug-likeness (QED) is 0.269. The molecule has 3 nitrogen and oxygen atoms in total. The van der Waals surface area contributed by atoms with E-state index in [1.165, 1.54) is 20.8 Å². The van der Waals surface area contributed by atoms with Crippen LogP contribution in [0.15, 0.2) is 72.9 Å². The molecule has 0 amide bonds. The topological polar surface area (TPSA) is 31.4 Å². The van der Waals surface area contributed by atoms with Crippen LogP contribution in [0.3, 0.4) is 0 Å². The second-order valence-corrected chi connectivity index (χ2v) is 22.9. The Morgan fingerprint density at radius 3 is 1.95 bits per heavy atom. The number of hydrogen-bond acceptors (Lipinski definition) is 4. The first-order chi connectivity index (χ1) is 17.3. The minimum atomic E-state index is -2.57. The summed E-state index contributed by atoms with van der Waals surface area (Å²) in [6.07, 6.45) is 6.65. The second kappa shape index (κ2) is 10.7. The summed E-state index contributed by atoms with van der Waals surface area (Å²) in [5, 5.41) is 3.82. The summed E-state index contributed by atoms with van der Waals surface area (Å²) >= 11 is 1.77. The SMILES string of the molecule is CC(C)(C)[Si](C)(C)OC1CC=C(c2cnc(CO[Si](c3ccccc3)(c3ccccc3)C(C)(C)C)s2)C1. The molecule has 0 N–H and O–H groups in total. The molecular weight excluding hydrogens is 507 g/mol. The van der Waals surface area contributed by atoms with Crippen LogP contribution in [-0.2, 0) is 15.5 Å². The fourth-order valence-corrected chi connectivity index (χ4v) is 11.9. The maximum atomic E-state index is 7.10. The van der Waals surface area contributed by atoms with Crippen LogP contribution in [0.1, 0.15) is 64.3 Å². The van der Waals surface area contributed by atoms with E-state index in [4.69, 9.17) is 13.8 Å². The van der Waals surface area contributed by atoms with Crippen LogP contribution in [0, 0.1) is 0 Å². The van der Waals surface area contributed by atoms with Gasteiger partial charge in [-0.3, -0.25) is 0 Å². The molecule has 0 fully saturated rings. The van der Waals surface area contributed by atoms with Gasteiger partial charge < -0.3 is 8.85 Å². The van der Waals surface area contributed by atoms with E-state index in [1.54, 1.807) is 11.3 Å². The van der Waals surface area contributed by atoms with Crippen LogP contribution in [0.25, 0.3) is 5.57 Å². The average molecular weight is 550 g/mol. The third kappa shape index (κ3) is 5.94. The van der Waals surface area contributed by atoms with Crippen molar-refractivity contribution in [2.75, 3.05) is 0 Å². The number of rotatable bonds is 8. The fourth-order valence-electron chi connectivity index (χ4n) is 5.03. The van der Waals surface area contributed by atoms with Crippen LogP contribution < -0.4 is 10.4 Å². The average Bonchev–Trinajstić information content (AvgIpc) is 3.49.